The highest BCUT2D eigenvalue weighted by Gasteiger charge is 2.72. The van der Waals surface area contributed by atoms with Crippen molar-refractivity contribution in [2.75, 3.05) is 6.61 Å². The van der Waals surface area contributed by atoms with Crippen LogP contribution >= 0.6 is 0 Å². The lowest BCUT2D eigenvalue weighted by atomic mass is 10.1. The van der Waals surface area contributed by atoms with Crippen molar-refractivity contribution >= 4 is 0 Å². The molecule has 1 aliphatic heterocycles. The lowest BCUT2D eigenvalue weighted by Gasteiger charge is -2.16. The van der Waals surface area contributed by atoms with Crippen LogP contribution < -0.4 is 0 Å². The molecule has 0 aromatic rings. The van der Waals surface area contributed by atoms with E-state index in [9.17, 15) is 10.2 Å². The van der Waals surface area contributed by atoms with Gasteiger partial charge in [0.2, 0.25) is 0 Å². The molecule has 11 heavy (non-hydrogen) atoms. The minimum atomic E-state index is -1.15. The van der Waals surface area contributed by atoms with E-state index in [-0.39, 0.29) is 18.4 Å². The minimum absolute atomic E-state index is 0.000278. The molecule has 5 atom stereocenters. The molecular weight excluding hydrogens is 148 g/mol. The highest BCUT2D eigenvalue weighted by molar-refractivity contribution is 5.13. The molecule has 1 aliphatic carbocycles. The zero-order valence-electron chi connectivity index (χ0n) is 6.27. The fraction of sp³-hybridized carbons (Fsp3) is 1.00. The lowest BCUT2D eigenvalue weighted by Crippen LogP contribution is -2.31. The zero-order chi connectivity index (χ0) is 8.22. The predicted octanol–water partition coefficient (Wildman–Crippen LogP) is -1.31. The van der Waals surface area contributed by atoms with Gasteiger partial charge in [-0.3, -0.25) is 0 Å². The molecule has 0 amide bonds. The first-order chi connectivity index (χ1) is 5.11. The third-order valence-electron chi connectivity index (χ3n) is 2.83. The Labute approximate surface area is 64.4 Å². The van der Waals surface area contributed by atoms with Crippen molar-refractivity contribution < 1.29 is 20.1 Å². The first-order valence-corrected chi connectivity index (χ1v) is 3.80. The molecule has 64 valence electrons. The maximum Gasteiger partial charge on any atom is 0.175 e. The van der Waals surface area contributed by atoms with Crippen LogP contribution in [0.25, 0.3) is 0 Å². The summed E-state index contributed by atoms with van der Waals surface area (Å²) in [4.78, 5) is 0. The average Bonchev–Trinajstić information content (AvgIpc) is 2.34. The second kappa shape index (κ2) is 1.95. The Morgan fingerprint density at radius 2 is 2.18 bits per heavy atom. The van der Waals surface area contributed by atoms with Gasteiger partial charge < -0.3 is 20.1 Å². The lowest BCUT2D eigenvalue weighted by molar-refractivity contribution is -0.163. The molecule has 1 heterocycles. The summed E-state index contributed by atoms with van der Waals surface area (Å²) < 4.78 is 5.05. The van der Waals surface area contributed by atoms with Crippen molar-refractivity contribution in [3.8, 4) is 0 Å². The maximum atomic E-state index is 9.52. The summed E-state index contributed by atoms with van der Waals surface area (Å²) >= 11 is 0. The standard InChI is InChI=1S/C7H12O4/c1-3-5-6(9)4(2-8)11-7(3,5)10/h3-6,8-10H,2H2,1H3/t3-,4+,5?,6?,7?/m0/s1. The maximum absolute atomic E-state index is 9.52. The predicted molar refractivity (Wildman–Crippen MR) is 35.6 cm³/mol. The van der Waals surface area contributed by atoms with Crippen LogP contribution in [0.2, 0.25) is 0 Å². The largest absolute Gasteiger partial charge is 0.394 e. The van der Waals surface area contributed by atoms with Gasteiger partial charge in [0.25, 0.3) is 0 Å². The summed E-state index contributed by atoms with van der Waals surface area (Å²) in [7, 11) is 0. The Morgan fingerprint density at radius 1 is 1.55 bits per heavy atom. The molecule has 4 nitrogen and oxygen atoms in total. The van der Waals surface area contributed by atoms with Crippen molar-refractivity contribution in [2.45, 2.75) is 24.9 Å². The second-order valence-electron chi connectivity index (χ2n) is 3.40. The van der Waals surface area contributed by atoms with E-state index in [0.29, 0.717) is 0 Å². The van der Waals surface area contributed by atoms with Gasteiger partial charge in [-0.1, -0.05) is 6.92 Å². The van der Waals surface area contributed by atoms with Crippen molar-refractivity contribution in [3.63, 3.8) is 0 Å². The Balaban J connectivity index is 2.11. The van der Waals surface area contributed by atoms with Crippen LogP contribution in [0.1, 0.15) is 6.92 Å². The van der Waals surface area contributed by atoms with Crippen LogP contribution in [0.5, 0.6) is 0 Å². The third kappa shape index (κ3) is 0.727. The number of rotatable bonds is 1. The summed E-state index contributed by atoms with van der Waals surface area (Å²) in [6.07, 6.45) is -1.30. The van der Waals surface area contributed by atoms with Gasteiger partial charge in [-0.05, 0) is 0 Å². The van der Waals surface area contributed by atoms with E-state index in [0.717, 1.165) is 0 Å². The van der Waals surface area contributed by atoms with E-state index in [4.69, 9.17) is 9.84 Å². The van der Waals surface area contributed by atoms with Crippen LogP contribution in [-0.2, 0) is 4.74 Å². The monoisotopic (exact) mass is 160 g/mol. The van der Waals surface area contributed by atoms with Gasteiger partial charge in [-0.15, -0.1) is 0 Å². The first kappa shape index (κ1) is 7.49. The highest BCUT2D eigenvalue weighted by Crippen LogP contribution is 2.59. The quantitative estimate of drug-likeness (QED) is 0.445. The molecule has 2 aliphatic rings. The molecular formula is C7H12O4. The van der Waals surface area contributed by atoms with Crippen LogP contribution in [0.3, 0.4) is 0 Å². The van der Waals surface area contributed by atoms with E-state index in [1.165, 1.54) is 0 Å². The summed E-state index contributed by atoms with van der Waals surface area (Å²) in [5, 5.41) is 27.6. The second-order valence-corrected chi connectivity index (χ2v) is 3.40. The van der Waals surface area contributed by atoms with E-state index >= 15 is 0 Å². The van der Waals surface area contributed by atoms with Crippen molar-refractivity contribution in [3.05, 3.63) is 0 Å². The number of hydrogen-bond acceptors (Lipinski definition) is 4. The SMILES string of the molecule is C[C@H]1C2C(O)[C@@H](CO)OC21O. The minimum Gasteiger partial charge on any atom is -0.394 e. The fourth-order valence-corrected chi connectivity index (χ4v) is 1.96. The van der Waals surface area contributed by atoms with E-state index in [1.54, 1.807) is 0 Å². The molecule has 1 saturated carbocycles. The Bertz CT molecular complexity index is 183. The van der Waals surface area contributed by atoms with E-state index < -0.39 is 18.0 Å². The highest BCUT2D eigenvalue weighted by atomic mass is 16.7. The summed E-state index contributed by atoms with van der Waals surface area (Å²) in [6.45, 7) is 1.59. The summed E-state index contributed by atoms with van der Waals surface area (Å²) in [6, 6.07) is 0. The van der Waals surface area contributed by atoms with Crippen LogP contribution in [0.4, 0.5) is 0 Å². The molecule has 1 saturated heterocycles. The van der Waals surface area contributed by atoms with Crippen molar-refractivity contribution in [1.29, 1.82) is 0 Å². The average molecular weight is 160 g/mol. The van der Waals surface area contributed by atoms with Crippen LogP contribution in [0, 0.1) is 11.8 Å². The van der Waals surface area contributed by atoms with Crippen molar-refractivity contribution in [2.24, 2.45) is 11.8 Å². The Kier molecular flexibility index (Phi) is 1.33. The molecule has 3 unspecified atom stereocenters. The topological polar surface area (TPSA) is 69.9 Å². The molecule has 0 aromatic heterocycles. The molecule has 4 heteroatoms. The van der Waals surface area contributed by atoms with Crippen LogP contribution in [0.15, 0.2) is 0 Å². The third-order valence-corrected chi connectivity index (χ3v) is 2.83. The van der Waals surface area contributed by atoms with Crippen LogP contribution in [-0.4, -0.2) is 39.9 Å². The van der Waals surface area contributed by atoms with Gasteiger partial charge in [0, 0.05) is 11.8 Å². The van der Waals surface area contributed by atoms with Gasteiger partial charge in [0.05, 0.1) is 12.7 Å². The molecule has 3 N–H and O–H groups in total. The Hall–Kier alpha value is -0.160. The van der Waals surface area contributed by atoms with Gasteiger partial charge in [0.1, 0.15) is 6.10 Å². The number of aliphatic hydroxyl groups is 3. The van der Waals surface area contributed by atoms with Gasteiger partial charge >= 0.3 is 0 Å². The number of hydrogen-bond donors (Lipinski definition) is 3. The molecule has 0 radical (unpaired) electrons. The summed E-state index contributed by atoms with van der Waals surface area (Å²) in [5.74, 6) is -1.34. The zero-order valence-corrected chi connectivity index (χ0v) is 6.27. The normalized spacial score (nSPS) is 61.1. The molecule has 0 aromatic carbocycles. The van der Waals surface area contributed by atoms with Crippen molar-refractivity contribution in [1.82, 2.24) is 0 Å². The smallest absolute Gasteiger partial charge is 0.175 e. The first-order valence-electron chi connectivity index (χ1n) is 3.80. The molecule has 2 fully saturated rings. The van der Waals surface area contributed by atoms with Gasteiger partial charge in [-0.2, -0.15) is 0 Å². The Morgan fingerprint density at radius 3 is 2.55 bits per heavy atom. The molecule has 0 spiro atoms. The molecule has 2 rings (SSSR count). The summed E-state index contributed by atoms with van der Waals surface area (Å²) in [5.41, 5.74) is 0. The van der Waals surface area contributed by atoms with E-state index in [1.807, 2.05) is 6.92 Å². The molecule has 0 bridgehead atoms. The number of fused-ring (bicyclic) bond motifs is 1. The van der Waals surface area contributed by atoms with E-state index in [2.05, 4.69) is 0 Å². The number of ether oxygens (including phenoxy) is 1. The van der Waals surface area contributed by atoms with Gasteiger partial charge in [0.15, 0.2) is 5.79 Å². The fourth-order valence-electron chi connectivity index (χ4n) is 1.96. The number of aliphatic hydroxyl groups excluding tert-OH is 2. The van der Waals surface area contributed by atoms with Gasteiger partial charge in [-0.25, -0.2) is 0 Å².